The lowest BCUT2D eigenvalue weighted by atomic mass is 10.1. The number of halogens is 1. The molecule has 7 nitrogen and oxygen atoms in total. The molecule has 0 saturated carbocycles. The second-order valence-corrected chi connectivity index (χ2v) is 7.42. The van der Waals surface area contributed by atoms with Gasteiger partial charge in [0, 0.05) is 28.0 Å². The van der Waals surface area contributed by atoms with Gasteiger partial charge in [-0.15, -0.1) is 0 Å². The first-order valence-electron chi connectivity index (χ1n) is 9.52. The van der Waals surface area contributed by atoms with Gasteiger partial charge in [0.25, 0.3) is 11.8 Å². The molecular weight excluding hydrogens is 414 g/mol. The van der Waals surface area contributed by atoms with Crippen LogP contribution in [0.3, 0.4) is 0 Å². The van der Waals surface area contributed by atoms with Gasteiger partial charge in [-0.05, 0) is 61.0 Å². The molecule has 0 aliphatic rings. The molecule has 0 aliphatic heterocycles. The molecule has 31 heavy (non-hydrogen) atoms. The van der Waals surface area contributed by atoms with Crippen LogP contribution in [0.5, 0.6) is 0 Å². The maximum atomic E-state index is 12.9. The number of hydrogen-bond acceptors (Lipinski definition) is 5. The largest absolute Gasteiger partial charge is 0.334 e. The lowest BCUT2D eigenvalue weighted by molar-refractivity contribution is 0.102. The number of aromatic nitrogens is 4. The first kappa shape index (κ1) is 19.0. The van der Waals surface area contributed by atoms with Crippen LogP contribution in [0.25, 0.3) is 28.5 Å². The van der Waals surface area contributed by atoms with Gasteiger partial charge in [0.05, 0.1) is 6.20 Å². The molecule has 0 radical (unpaired) electrons. The molecule has 3 heterocycles. The second-order valence-electron chi connectivity index (χ2n) is 6.99. The first-order chi connectivity index (χ1) is 15.1. The van der Waals surface area contributed by atoms with Crippen molar-refractivity contribution in [3.63, 3.8) is 0 Å². The normalized spacial score (nSPS) is 11.0. The highest BCUT2D eigenvalue weighted by molar-refractivity contribution is 6.30. The second kappa shape index (κ2) is 7.70. The quantitative estimate of drug-likeness (QED) is 0.421. The summed E-state index contributed by atoms with van der Waals surface area (Å²) in [5, 5.41) is 7.64. The Bertz CT molecular complexity index is 1410. The van der Waals surface area contributed by atoms with Crippen LogP contribution in [0.2, 0.25) is 5.02 Å². The van der Waals surface area contributed by atoms with Gasteiger partial charge in [0.15, 0.2) is 0 Å². The molecule has 0 unspecified atom stereocenters. The van der Waals surface area contributed by atoms with E-state index in [2.05, 4.69) is 20.4 Å². The van der Waals surface area contributed by atoms with Gasteiger partial charge in [0.2, 0.25) is 5.82 Å². The van der Waals surface area contributed by atoms with Crippen LogP contribution < -0.4 is 5.32 Å². The Kier molecular flexibility index (Phi) is 4.72. The molecule has 0 bridgehead atoms. The summed E-state index contributed by atoms with van der Waals surface area (Å²) in [6.07, 6.45) is 3.36. The van der Waals surface area contributed by atoms with Gasteiger partial charge < -0.3 is 9.84 Å². The Hall–Kier alpha value is -3.97. The zero-order valence-electron chi connectivity index (χ0n) is 16.4. The topological polar surface area (TPSA) is 85.3 Å². The van der Waals surface area contributed by atoms with E-state index in [0.717, 1.165) is 11.1 Å². The van der Waals surface area contributed by atoms with Crippen LogP contribution in [-0.2, 0) is 0 Å². The summed E-state index contributed by atoms with van der Waals surface area (Å²) in [6.45, 7) is 1.92. The zero-order valence-corrected chi connectivity index (χ0v) is 17.2. The molecule has 5 aromatic rings. The van der Waals surface area contributed by atoms with Crippen molar-refractivity contribution >= 4 is 28.8 Å². The van der Waals surface area contributed by atoms with Crippen molar-refractivity contribution in [2.45, 2.75) is 6.92 Å². The minimum Gasteiger partial charge on any atom is -0.334 e. The van der Waals surface area contributed by atoms with Crippen LogP contribution in [0.4, 0.5) is 5.69 Å². The standard InChI is InChI=1S/C23H16ClN5O2/c1-14-5-6-16(23-27-21(28-31-23)15-7-9-17(24)10-8-15)12-18(14)26-22(30)19-13-25-20-4-2-3-11-29(19)20/h2-13H,1H3,(H,26,30). The van der Waals surface area contributed by atoms with Crippen molar-refractivity contribution in [3.05, 3.63) is 89.3 Å². The summed E-state index contributed by atoms with van der Waals surface area (Å²) in [5.41, 5.74) is 4.21. The summed E-state index contributed by atoms with van der Waals surface area (Å²) in [7, 11) is 0. The molecule has 8 heteroatoms. The van der Waals surface area contributed by atoms with E-state index in [9.17, 15) is 4.79 Å². The van der Waals surface area contributed by atoms with E-state index in [1.54, 1.807) is 28.9 Å². The highest BCUT2D eigenvalue weighted by Crippen LogP contribution is 2.27. The average molecular weight is 430 g/mol. The molecule has 0 aliphatic carbocycles. The lowest BCUT2D eigenvalue weighted by Crippen LogP contribution is -2.15. The van der Waals surface area contributed by atoms with Gasteiger partial charge in [-0.1, -0.05) is 28.9 Å². The molecule has 152 valence electrons. The van der Waals surface area contributed by atoms with Crippen LogP contribution in [-0.4, -0.2) is 25.4 Å². The molecule has 2 aromatic carbocycles. The number of imidazole rings is 1. The summed E-state index contributed by atoms with van der Waals surface area (Å²) in [4.78, 5) is 21.6. The monoisotopic (exact) mass is 429 g/mol. The predicted molar refractivity (Wildman–Crippen MR) is 118 cm³/mol. The predicted octanol–water partition coefficient (Wildman–Crippen LogP) is 5.27. The van der Waals surface area contributed by atoms with Crippen LogP contribution in [0, 0.1) is 6.92 Å². The molecule has 1 N–H and O–H groups in total. The van der Waals surface area contributed by atoms with Crippen molar-refractivity contribution in [1.29, 1.82) is 0 Å². The number of nitrogens with one attached hydrogen (secondary N) is 1. The summed E-state index contributed by atoms with van der Waals surface area (Å²) < 4.78 is 7.19. The van der Waals surface area contributed by atoms with Gasteiger partial charge in [-0.2, -0.15) is 4.98 Å². The number of benzene rings is 2. The Labute approximate surface area is 182 Å². The van der Waals surface area contributed by atoms with Gasteiger partial charge >= 0.3 is 0 Å². The highest BCUT2D eigenvalue weighted by Gasteiger charge is 2.16. The number of fused-ring (bicyclic) bond motifs is 1. The van der Waals surface area contributed by atoms with E-state index in [0.29, 0.717) is 39.3 Å². The molecule has 0 spiro atoms. The number of aryl methyl sites for hydroxylation is 1. The third kappa shape index (κ3) is 3.67. The minimum absolute atomic E-state index is 0.258. The Balaban J connectivity index is 1.43. The van der Waals surface area contributed by atoms with Crippen LogP contribution in [0.1, 0.15) is 16.1 Å². The average Bonchev–Trinajstić information content (AvgIpc) is 3.43. The molecule has 3 aromatic heterocycles. The summed E-state index contributed by atoms with van der Waals surface area (Å²) in [6, 6.07) is 18.3. The number of carbonyl (C=O) groups is 1. The fraction of sp³-hybridized carbons (Fsp3) is 0.0435. The maximum absolute atomic E-state index is 12.9. The van der Waals surface area contributed by atoms with E-state index >= 15 is 0 Å². The van der Waals surface area contributed by atoms with E-state index in [1.165, 1.54) is 0 Å². The summed E-state index contributed by atoms with van der Waals surface area (Å²) in [5.74, 6) is 0.560. The van der Waals surface area contributed by atoms with Crippen LogP contribution >= 0.6 is 11.6 Å². The summed E-state index contributed by atoms with van der Waals surface area (Å²) >= 11 is 5.94. The fourth-order valence-corrected chi connectivity index (χ4v) is 3.36. The lowest BCUT2D eigenvalue weighted by Gasteiger charge is -2.09. The number of rotatable bonds is 4. The SMILES string of the molecule is Cc1ccc(-c2nc(-c3ccc(Cl)cc3)no2)cc1NC(=O)c1cnc2ccccn12. The number of anilines is 1. The van der Waals surface area contributed by atoms with Crippen molar-refractivity contribution in [3.8, 4) is 22.8 Å². The molecule has 0 saturated heterocycles. The minimum atomic E-state index is -0.258. The third-order valence-electron chi connectivity index (χ3n) is 4.91. The van der Waals surface area contributed by atoms with Crippen LogP contribution in [0.15, 0.2) is 77.6 Å². The molecular formula is C23H16ClN5O2. The Morgan fingerprint density at radius 1 is 1.06 bits per heavy atom. The number of pyridine rings is 1. The highest BCUT2D eigenvalue weighted by atomic mass is 35.5. The van der Waals surface area contributed by atoms with Crippen molar-refractivity contribution in [1.82, 2.24) is 19.5 Å². The van der Waals surface area contributed by atoms with Gasteiger partial charge in [-0.25, -0.2) is 4.98 Å². The molecule has 5 rings (SSSR count). The number of carbonyl (C=O) groups excluding carboxylic acids is 1. The van der Waals surface area contributed by atoms with Crippen molar-refractivity contribution in [2.75, 3.05) is 5.32 Å². The number of amides is 1. The Morgan fingerprint density at radius 3 is 2.71 bits per heavy atom. The van der Waals surface area contributed by atoms with E-state index in [4.69, 9.17) is 16.1 Å². The van der Waals surface area contributed by atoms with Gasteiger partial charge in [-0.3, -0.25) is 9.20 Å². The Morgan fingerprint density at radius 2 is 1.87 bits per heavy atom. The number of hydrogen-bond donors (Lipinski definition) is 1. The fourth-order valence-electron chi connectivity index (χ4n) is 3.23. The van der Waals surface area contributed by atoms with E-state index < -0.39 is 0 Å². The van der Waals surface area contributed by atoms with Crippen molar-refractivity contribution in [2.24, 2.45) is 0 Å². The number of nitrogens with zero attached hydrogens (tertiary/aromatic N) is 4. The molecule has 0 atom stereocenters. The van der Waals surface area contributed by atoms with E-state index in [1.807, 2.05) is 55.5 Å². The zero-order chi connectivity index (χ0) is 21.4. The third-order valence-corrected chi connectivity index (χ3v) is 5.16. The smallest absolute Gasteiger partial charge is 0.274 e. The maximum Gasteiger partial charge on any atom is 0.274 e. The molecule has 1 amide bonds. The molecule has 0 fully saturated rings. The van der Waals surface area contributed by atoms with Crippen molar-refractivity contribution < 1.29 is 9.32 Å². The first-order valence-corrected chi connectivity index (χ1v) is 9.90. The van der Waals surface area contributed by atoms with E-state index in [-0.39, 0.29) is 5.91 Å². The van der Waals surface area contributed by atoms with Gasteiger partial charge in [0.1, 0.15) is 11.3 Å².